The van der Waals surface area contributed by atoms with Gasteiger partial charge >= 0.3 is 0 Å². The van der Waals surface area contributed by atoms with Gasteiger partial charge in [-0.25, -0.2) is 9.37 Å². The SMILES string of the molecule is CCCc1nc(N)nc(N2CCCC2)c1-c1ccc(F)cc1. The van der Waals surface area contributed by atoms with Gasteiger partial charge in [0, 0.05) is 18.7 Å². The fourth-order valence-corrected chi connectivity index (χ4v) is 3.00. The highest BCUT2D eigenvalue weighted by molar-refractivity contribution is 5.79. The summed E-state index contributed by atoms with van der Waals surface area (Å²) < 4.78 is 13.3. The molecule has 1 aliphatic rings. The third-order valence-corrected chi connectivity index (χ3v) is 4.01. The molecule has 0 spiro atoms. The second-order valence-corrected chi connectivity index (χ2v) is 5.68. The molecule has 1 fully saturated rings. The van der Waals surface area contributed by atoms with Crippen molar-refractivity contribution < 1.29 is 4.39 Å². The van der Waals surface area contributed by atoms with Crippen LogP contribution >= 0.6 is 0 Å². The molecule has 2 heterocycles. The molecule has 0 unspecified atom stereocenters. The highest BCUT2D eigenvalue weighted by Crippen LogP contribution is 2.34. The summed E-state index contributed by atoms with van der Waals surface area (Å²) >= 11 is 0. The van der Waals surface area contributed by atoms with E-state index in [9.17, 15) is 4.39 Å². The number of benzene rings is 1. The number of nitrogen functional groups attached to an aromatic ring is 1. The van der Waals surface area contributed by atoms with Crippen LogP contribution < -0.4 is 10.6 Å². The average Bonchev–Trinajstić information content (AvgIpc) is 3.02. The Morgan fingerprint density at radius 3 is 2.45 bits per heavy atom. The Hall–Kier alpha value is -2.17. The lowest BCUT2D eigenvalue weighted by molar-refractivity contribution is 0.628. The molecule has 4 nitrogen and oxygen atoms in total. The van der Waals surface area contributed by atoms with E-state index in [0.717, 1.165) is 61.4 Å². The van der Waals surface area contributed by atoms with Crippen molar-refractivity contribution in [3.8, 4) is 11.1 Å². The van der Waals surface area contributed by atoms with Crippen molar-refractivity contribution in [2.75, 3.05) is 23.7 Å². The van der Waals surface area contributed by atoms with Crippen LogP contribution in [-0.4, -0.2) is 23.1 Å². The van der Waals surface area contributed by atoms with Crippen molar-refractivity contribution in [2.24, 2.45) is 0 Å². The van der Waals surface area contributed by atoms with E-state index >= 15 is 0 Å². The van der Waals surface area contributed by atoms with Gasteiger partial charge in [-0.15, -0.1) is 0 Å². The van der Waals surface area contributed by atoms with Gasteiger partial charge in [-0.2, -0.15) is 4.98 Å². The van der Waals surface area contributed by atoms with Gasteiger partial charge in [-0.3, -0.25) is 0 Å². The van der Waals surface area contributed by atoms with E-state index in [-0.39, 0.29) is 5.82 Å². The number of aromatic nitrogens is 2. The number of nitrogens with zero attached hydrogens (tertiary/aromatic N) is 3. The molecular weight excluding hydrogens is 279 g/mol. The maximum absolute atomic E-state index is 13.3. The van der Waals surface area contributed by atoms with Crippen LogP contribution in [0, 0.1) is 5.82 Å². The molecule has 0 amide bonds. The van der Waals surface area contributed by atoms with E-state index in [1.165, 1.54) is 12.1 Å². The molecule has 1 aliphatic heterocycles. The largest absolute Gasteiger partial charge is 0.368 e. The highest BCUT2D eigenvalue weighted by Gasteiger charge is 2.22. The molecule has 1 aromatic heterocycles. The molecule has 0 bridgehead atoms. The standard InChI is InChI=1S/C17H21FN4/c1-2-5-14-15(12-6-8-13(18)9-7-12)16(21-17(19)20-14)22-10-3-4-11-22/h6-9H,2-5,10-11H2,1H3,(H2,19,20,21). The van der Waals surface area contributed by atoms with Crippen LogP contribution in [0.4, 0.5) is 16.2 Å². The molecular formula is C17H21FN4. The van der Waals surface area contributed by atoms with Crippen LogP contribution in [0.5, 0.6) is 0 Å². The van der Waals surface area contributed by atoms with Crippen molar-refractivity contribution in [3.63, 3.8) is 0 Å². The normalized spacial score (nSPS) is 14.5. The number of nitrogens with two attached hydrogens (primary N) is 1. The molecule has 2 aromatic rings. The topological polar surface area (TPSA) is 55.0 Å². The Bertz CT molecular complexity index is 648. The monoisotopic (exact) mass is 300 g/mol. The molecule has 0 radical (unpaired) electrons. The van der Waals surface area contributed by atoms with Crippen molar-refractivity contribution in [2.45, 2.75) is 32.6 Å². The average molecular weight is 300 g/mol. The van der Waals surface area contributed by atoms with Crippen molar-refractivity contribution in [1.82, 2.24) is 9.97 Å². The second kappa shape index (κ2) is 6.30. The Balaban J connectivity index is 2.16. The van der Waals surface area contributed by atoms with Gasteiger partial charge in [0.1, 0.15) is 11.6 Å². The summed E-state index contributed by atoms with van der Waals surface area (Å²) in [5.41, 5.74) is 8.82. The van der Waals surface area contributed by atoms with Crippen molar-refractivity contribution in [3.05, 3.63) is 35.8 Å². The van der Waals surface area contributed by atoms with Crippen LogP contribution in [0.3, 0.4) is 0 Å². The molecule has 5 heteroatoms. The molecule has 1 saturated heterocycles. The minimum Gasteiger partial charge on any atom is -0.368 e. The third-order valence-electron chi connectivity index (χ3n) is 4.01. The Morgan fingerprint density at radius 2 is 1.82 bits per heavy atom. The fraction of sp³-hybridized carbons (Fsp3) is 0.412. The molecule has 22 heavy (non-hydrogen) atoms. The van der Waals surface area contributed by atoms with Crippen LogP contribution in [0.2, 0.25) is 0 Å². The van der Waals surface area contributed by atoms with Crippen LogP contribution in [0.1, 0.15) is 31.9 Å². The lowest BCUT2D eigenvalue weighted by Crippen LogP contribution is -2.22. The summed E-state index contributed by atoms with van der Waals surface area (Å²) in [7, 11) is 0. The molecule has 0 aliphatic carbocycles. The van der Waals surface area contributed by atoms with Crippen LogP contribution in [-0.2, 0) is 6.42 Å². The van der Waals surface area contributed by atoms with Crippen LogP contribution in [0.25, 0.3) is 11.1 Å². The second-order valence-electron chi connectivity index (χ2n) is 5.68. The molecule has 1 aromatic carbocycles. The van der Waals surface area contributed by atoms with E-state index in [4.69, 9.17) is 5.73 Å². The third kappa shape index (κ3) is 2.89. The molecule has 3 rings (SSSR count). The number of halogens is 1. The van der Waals surface area contributed by atoms with Gasteiger partial charge in [0.2, 0.25) is 5.95 Å². The minimum atomic E-state index is -0.236. The molecule has 116 valence electrons. The fourth-order valence-electron chi connectivity index (χ4n) is 3.00. The van der Waals surface area contributed by atoms with E-state index in [1.807, 2.05) is 0 Å². The smallest absolute Gasteiger partial charge is 0.222 e. The van der Waals surface area contributed by atoms with Crippen LogP contribution in [0.15, 0.2) is 24.3 Å². The Labute approximate surface area is 130 Å². The van der Waals surface area contributed by atoms with Gasteiger partial charge in [-0.05, 0) is 37.0 Å². The molecule has 0 saturated carbocycles. The van der Waals surface area contributed by atoms with Gasteiger partial charge < -0.3 is 10.6 Å². The molecule has 2 N–H and O–H groups in total. The zero-order valence-electron chi connectivity index (χ0n) is 12.8. The summed E-state index contributed by atoms with van der Waals surface area (Å²) in [5.74, 6) is 0.969. The zero-order valence-corrected chi connectivity index (χ0v) is 12.8. The number of aryl methyl sites for hydroxylation is 1. The first-order chi connectivity index (χ1) is 10.7. The first-order valence-corrected chi connectivity index (χ1v) is 7.86. The van der Waals surface area contributed by atoms with E-state index < -0.39 is 0 Å². The van der Waals surface area contributed by atoms with Gasteiger partial charge in [0.25, 0.3) is 0 Å². The first kappa shape index (κ1) is 14.8. The van der Waals surface area contributed by atoms with E-state index in [0.29, 0.717) is 5.95 Å². The number of hydrogen-bond donors (Lipinski definition) is 1. The van der Waals surface area contributed by atoms with Gasteiger partial charge in [0.05, 0.1) is 5.69 Å². The predicted octanol–water partition coefficient (Wildman–Crippen LogP) is 3.42. The van der Waals surface area contributed by atoms with Gasteiger partial charge in [0.15, 0.2) is 0 Å². The maximum Gasteiger partial charge on any atom is 0.222 e. The predicted molar refractivity (Wildman–Crippen MR) is 87.3 cm³/mol. The lowest BCUT2D eigenvalue weighted by atomic mass is 10.0. The van der Waals surface area contributed by atoms with Crippen molar-refractivity contribution >= 4 is 11.8 Å². The van der Waals surface area contributed by atoms with Crippen molar-refractivity contribution in [1.29, 1.82) is 0 Å². The quantitative estimate of drug-likeness (QED) is 0.940. The summed E-state index contributed by atoms with van der Waals surface area (Å²) in [6, 6.07) is 6.55. The van der Waals surface area contributed by atoms with E-state index in [1.54, 1.807) is 12.1 Å². The first-order valence-electron chi connectivity index (χ1n) is 7.86. The van der Waals surface area contributed by atoms with E-state index in [2.05, 4.69) is 21.8 Å². The summed E-state index contributed by atoms with van der Waals surface area (Å²) in [5, 5.41) is 0. The Kier molecular flexibility index (Phi) is 4.22. The summed E-state index contributed by atoms with van der Waals surface area (Å²) in [4.78, 5) is 11.2. The number of rotatable bonds is 4. The lowest BCUT2D eigenvalue weighted by Gasteiger charge is -2.22. The Morgan fingerprint density at radius 1 is 1.14 bits per heavy atom. The summed E-state index contributed by atoms with van der Waals surface area (Å²) in [6.07, 6.45) is 4.14. The zero-order chi connectivity index (χ0) is 15.5. The number of hydrogen-bond acceptors (Lipinski definition) is 4. The number of anilines is 2. The summed E-state index contributed by atoms with van der Waals surface area (Å²) in [6.45, 7) is 4.08. The highest BCUT2D eigenvalue weighted by atomic mass is 19.1. The molecule has 0 atom stereocenters. The maximum atomic E-state index is 13.3. The van der Waals surface area contributed by atoms with Gasteiger partial charge in [-0.1, -0.05) is 25.5 Å². The minimum absolute atomic E-state index is 0.236.